The number of urea groups is 1. The van der Waals surface area contributed by atoms with Gasteiger partial charge in [-0.05, 0) is 25.7 Å². The van der Waals surface area contributed by atoms with Crippen LogP contribution in [0.25, 0.3) is 0 Å². The van der Waals surface area contributed by atoms with Gasteiger partial charge in [-0.1, -0.05) is 12.8 Å². The number of carboxylic acid groups (broad SMARTS) is 1. The van der Waals surface area contributed by atoms with Crippen molar-refractivity contribution in [2.75, 3.05) is 12.3 Å². The van der Waals surface area contributed by atoms with Crippen LogP contribution in [0.2, 0.25) is 0 Å². The number of hydrogen-bond donors (Lipinski definition) is 6. The number of nitrogens with one attached hydrogen (secondary N) is 3. The molecule has 0 aliphatic carbocycles. The van der Waals surface area contributed by atoms with Gasteiger partial charge in [0.05, 0.1) is 18.5 Å². The van der Waals surface area contributed by atoms with Crippen LogP contribution < -0.4 is 16.0 Å². The van der Waals surface area contributed by atoms with E-state index in [1.54, 1.807) is 0 Å². The Balaban J connectivity index is 1.44. The summed E-state index contributed by atoms with van der Waals surface area (Å²) in [4.78, 5) is 73.8. The van der Waals surface area contributed by atoms with E-state index in [4.69, 9.17) is 9.66 Å². The number of hydroxylamine groups is 4. The van der Waals surface area contributed by atoms with Crippen LogP contribution in [0.5, 0.6) is 0 Å². The quantitative estimate of drug-likeness (QED) is 0.0361. The number of carbonyl (C=O) groups is 6. The van der Waals surface area contributed by atoms with Crippen molar-refractivity contribution in [2.24, 2.45) is 0 Å². The van der Waals surface area contributed by atoms with Gasteiger partial charge in [0, 0.05) is 18.7 Å². The Bertz CT molecular complexity index is 1150. The summed E-state index contributed by atoms with van der Waals surface area (Å²) in [5.74, 6) is -4.92. The number of carbonyl (C=O) groups excluding carboxylic acids is 5. The summed E-state index contributed by atoms with van der Waals surface area (Å²) in [5.41, 5.74) is 0. The molecule has 0 aromatic rings. The lowest BCUT2D eigenvalue weighted by molar-refractivity contribution is -1.12. The first-order valence-corrected chi connectivity index (χ1v) is 14.8. The van der Waals surface area contributed by atoms with E-state index in [2.05, 4.69) is 20.8 Å². The molecule has 3 saturated heterocycles. The van der Waals surface area contributed by atoms with E-state index in [0.717, 1.165) is 0 Å². The predicted octanol–water partition coefficient (Wildman–Crippen LogP) is -0.779. The van der Waals surface area contributed by atoms with Crippen LogP contribution in [-0.4, -0.2) is 98.2 Å². The molecule has 2 unspecified atom stereocenters. The smallest absolute Gasteiger partial charge is 0.417 e. The second-order valence-corrected chi connectivity index (χ2v) is 12.5. The van der Waals surface area contributed by atoms with Gasteiger partial charge in [0.15, 0.2) is 0 Å². The molecule has 16 nitrogen and oxygen atoms in total. The average molecular weight is 596 g/mol. The maximum Gasteiger partial charge on any atom is 0.417 e. The zero-order valence-electron chi connectivity index (χ0n) is 20.8. The molecular formula is C21H31N4O12S2+. The highest BCUT2D eigenvalue weighted by Crippen LogP contribution is 2.44. The molecule has 3 aliphatic rings. The van der Waals surface area contributed by atoms with E-state index in [9.17, 15) is 42.4 Å². The van der Waals surface area contributed by atoms with Crippen LogP contribution in [0.4, 0.5) is 4.79 Å². The number of imide groups is 1. The van der Waals surface area contributed by atoms with Crippen LogP contribution in [-0.2, 0) is 38.9 Å². The van der Waals surface area contributed by atoms with E-state index in [1.807, 2.05) is 0 Å². The Hall–Kier alpha value is -2.80. The maximum atomic E-state index is 13.2. The second kappa shape index (κ2) is 12.2. The number of amides is 5. The van der Waals surface area contributed by atoms with E-state index in [0.29, 0.717) is 37.9 Å². The van der Waals surface area contributed by atoms with Crippen molar-refractivity contribution in [3.8, 4) is 0 Å². The molecule has 218 valence electrons. The van der Waals surface area contributed by atoms with Gasteiger partial charge in [-0.3, -0.25) is 14.1 Å². The summed E-state index contributed by atoms with van der Waals surface area (Å²) in [6.45, 7) is 0.233. The molecular weight excluding hydrogens is 564 g/mol. The molecule has 5 atom stereocenters. The first-order chi connectivity index (χ1) is 18.2. The van der Waals surface area contributed by atoms with E-state index in [1.165, 1.54) is 11.8 Å². The van der Waals surface area contributed by atoms with Crippen molar-refractivity contribution >= 4 is 57.6 Å². The highest BCUT2D eigenvalue weighted by atomic mass is 32.2. The molecule has 18 heteroatoms. The molecule has 3 fully saturated rings. The zero-order chi connectivity index (χ0) is 29.0. The van der Waals surface area contributed by atoms with Gasteiger partial charge >= 0.3 is 29.8 Å². The van der Waals surface area contributed by atoms with Gasteiger partial charge in [0.2, 0.25) is 11.2 Å². The van der Waals surface area contributed by atoms with Crippen LogP contribution >= 0.6 is 11.8 Å². The number of quaternary nitrogens is 1. The van der Waals surface area contributed by atoms with Crippen molar-refractivity contribution in [2.45, 2.75) is 79.9 Å². The fraction of sp³-hybridized carbons (Fsp3) is 0.714. The van der Waals surface area contributed by atoms with Crippen LogP contribution in [0, 0.1) is 0 Å². The molecule has 3 heterocycles. The summed E-state index contributed by atoms with van der Waals surface area (Å²) in [6, 6.07) is -1.03. The van der Waals surface area contributed by atoms with E-state index in [-0.39, 0.29) is 43.8 Å². The summed E-state index contributed by atoms with van der Waals surface area (Å²) in [6.07, 6.45) is 0.887. The Morgan fingerprint density at radius 1 is 1.08 bits per heavy atom. The van der Waals surface area contributed by atoms with Crippen LogP contribution in [0.15, 0.2) is 0 Å². The highest BCUT2D eigenvalue weighted by Gasteiger charge is 2.65. The van der Waals surface area contributed by atoms with Crippen molar-refractivity contribution in [1.82, 2.24) is 16.0 Å². The largest absolute Gasteiger partial charge is 0.481 e. The van der Waals surface area contributed by atoms with Gasteiger partial charge < -0.3 is 21.1 Å². The minimum Gasteiger partial charge on any atom is -0.481 e. The molecule has 0 spiro atoms. The molecule has 0 saturated carbocycles. The molecule has 6 N–H and O–H groups in total. The minimum absolute atomic E-state index is 0.0246. The van der Waals surface area contributed by atoms with Crippen molar-refractivity contribution < 1.29 is 61.7 Å². The summed E-state index contributed by atoms with van der Waals surface area (Å²) < 4.78 is 30.4. The Morgan fingerprint density at radius 2 is 1.77 bits per heavy atom. The lowest BCUT2D eigenvalue weighted by Crippen LogP contribution is -2.56. The standard InChI is InChI=1S/C21H30N4O12S2/c26-14-10-13(39(34,35)36)18(30)25(14,33)37-16(29)7-2-1-5-9-22-19(31)21(8-4-3-6-15(27)28)17-12(11-38-21)23-20(32)24-17/h12-13,17,33H,1-11H2,(H4-,22,23,24,27,28,31,32,34,35,36)/p+1/t12-,13?,17-,21-,25?/m0/s1. The number of nitrogens with zero attached hydrogens (tertiary/aromatic N) is 1. The molecule has 3 rings (SSSR count). The fourth-order valence-corrected chi connectivity index (χ4v) is 7.19. The molecule has 0 aromatic heterocycles. The Morgan fingerprint density at radius 3 is 2.41 bits per heavy atom. The van der Waals surface area contributed by atoms with Gasteiger partial charge in [-0.15, -0.1) is 11.8 Å². The van der Waals surface area contributed by atoms with E-state index < -0.39 is 61.1 Å². The first kappa shape index (κ1) is 30.7. The number of carboxylic acids is 1. The number of hydrogen-bond acceptors (Lipinski definition) is 11. The SMILES string of the molecule is O=C(O)CCCC[C@]1(C(=O)NCCCCCC(=O)O[N+]2(O)C(=O)CC(S(=O)(=O)O)C2=O)SC[C@@H]2NC(=O)N[C@@H]21. The topological polar surface area (TPSA) is 243 Å². The third-order valence-corrected chi connectivity index (χ3v) is 9.58. The lowest BCUT2D eigenvalue weighted by atomic mass is 9.88. The second-order valence-electron chi connectivity index (χ2n) is 9.55. The van der Waals surface area contributed by atoms with Crippen molar-refractivity contribution in [3.05, 3.63) is 0 Å². The summed E-state index contributed by atoms with van der Waals surface area (Å²) >= 11 is 1.41. The van der Waals surface area contributed by atoms with Crippen LogP contribution in [0.3, 0.4) is 0 Å². The highest BCUT2D eigenvalue weighted by molar-refractivity contribution is 8.01. The van der Waals surface area contributed by atoms with Gasteiger partial charge in [-0.25, -0.2) is 24.0 Å². The molecule has 0 bridgehead atoms. The maximum absolute atomic E-state index is 13.2. The molecule has 3 aliphatic heterocycles. The number of fused-ring (bicyclic) bond motifs is 1. The molecule has 39 heavy (non-hydrogen) atoms. The van der Waals surface area contributed by atoms with Crippen LogP contribution in [0.1, 0.15) is 57.8 Å². The zero-order valence-corrected chi connectivity index (χ0v) is 22.4. The third kappa shape index (κ3) is 6.86. The fourth-order valence-electron chi connectivity index (χ4n) is 4.79. The first-order valence-electron chi connectivity index (χ1n) is 12.3. The number of thioether (sulfide) groups is 1. The molecule has 5 amide bonds. The predicted molar refractivity (Wildman–Crippen MR) is 130 cm³/mol. The van der Waals surface area contributed by atoms with Crippen molar-refractivity contribution in [1.29, 1.82) is 0 Å². The van der Waals surface area contributed by atoms with Gasteiger partial charge in [0.25, 0.3) is 10.1 Å². The Labute approximate surface area is 227 Å². The van der Waals surface area contributed by atoms with E-state index >= 15 is 0 Å². The summed E-state index contributed by atoms with van der Waals surface area (Å²) in [7, 11) is -4.98. The molecule has 0 radical (unpaired) electrons. The number of unbranched alkanes of at least 4 members (excludes halogenated alkanes) is 3. The normalized spacial score (nSPS) is 30.0. The molecule has 0 aromatic carbocycles. The third-order valence-electron chi connectivity index (χ3n) is 6.81. The Kier molecular flexibility index (Phi) is 9.58. The van der Waals surface area contributed by atoms with Gasteiger partial charge in [-0.2, -0.15) is 13.6 Å². The minimum atomic E-state index is -4.98. The van der Waals surface area contributed by atoms with Crippen molar-refractivity contribution in [3.63, 3.8) is 0 Å². The lowest BCUT2D eigenvalue weighted by Gasteiger charge is -2.32. The number of rotatable bonds is 14. The van der Waals surface area contributed by atoms with Gasteiger partial charge in [0.1, 0.15) is 16.0 Å². The monoisotopic (exact) mass is 595 g/mol. The average Bonchev–Trinajstić information content (AvgIpc) is 3.45. The number of aliphatic carboxylic acids is 1. The summed E-state index contributed by atoms with van der Waals surface area (Å²) in [5, 5.41) is 25.1.